The largest absolute Gasteiger partial charge is 0.479 e. The number of carbonyl (C=O) groups excluding carboxylic acids is 1. The number of rotatable bonds is 2. The number of amides is 1. The van der Waals surface area contributed by atoms with Crippen LogP contribution in [0.5, 0.6) is 0 Å². The van der Waals surface area contributed by atoms with Crippen LogP contribution in [0.25, 0.3) is 0 Å². The van der Waals surface area contributed by atoms with Crippen LogP contribution in [0.1, 0.15) is 28.0 Å². The lowest BCUT2D eigenvalue weighted by Crippen LogP contribution is -2.43. The lowest BCUT2D eigenvalue weighted by atomic mass is 9.99. The van der Waals surface area contributed by atoms with E-state index in [2.05, 4.69) is 9.97 Å². The first-order valence-electron chi connectivity index (χ1n) is 5.78. The highest BCUT2D eigenvalue weighted by Gasteiger charge is 2.38. The van der Waals surface area contributed by atoms with E-state index in [9.17, 15) is 14.7 Å². The van der Waals surface area contributed by atoms with Gasteiger partial charge in [0.2, 0.25) is 0 Å². The summed E-state index contributed by atoms with van der Waals surface area (Å²) in [6.07, 6.45) is 4.92. The van der Waals surface area contributed by atoms with E-state index in [4.69, 9.17) is 4.42 Å². The smallest absolute Gasteiger partial charge is 0.331 e. The molecule has 2 N–H and O–H groups in total. The van der Waals surface area contributed by atoms with Crippen molar-refractivity contribution >= 4 is 11.9 Å². The van der Waals surface area contributed by atoms with Crippen molar-refractivity contribution in [3.05, 3.63) is 41.9 Å². The predicted octanol–water partition coefficient (Wildman–Crippen LogP) is 0.827. The number of hydrogen-bond acceptors (Lipinski definition) is 4. The van der Waals surface area contributed by atoms with E-state index < -0.39 is 17.9 Å². The molecular formula is C12H11N3O4. The van der Waals surface area contributed by atoms with Gasteiger partial charge in [0.1, 0.15) is 5.76 Å². The molecule has 2 aromatic heterocycles. The Morgan fingerprint density at radius 2 is 2.37 bits per heavy atom. The van der Waals surface area contributed by atoms with E-state index in [1.807, 2.05) is 0 Å². The summed E-state index contributed by atoms with van der Waals surface area (Å²) in [5.41, 5.74) is 0.527. The lowest BCUT2D eigenvalue weighted by molar-refractivity contribution is -0.143. The van der Waals surface area contributed by atoms with E-state index in [0.717, 1.165) is 0 Å². The quantitative estimate of drug-likeness (QED) is 0.834. The highest BCUT2D eigenvalue weighted by Crippen LogP contribution is 2.31. The molecule has 1 aliphatic rings. The summed E-state index contributed by atoms with van der Waals surface area (Å²) >= 11 is 0. The van der Waals surface area contributed by atoms with Gasteiger partial charge in [0, 0.05) is 30.9 Å². The van der Waals surface area contributed by atoms with Crippen molar-refractivity contribution in [3.8, 4) is 0 Å². The molecule has 3 heterocycles. The van der Waals surface area contributed by atoms with Crippen molar-refractivity contribution in [1.29, 1.82) is 0 Å². The van der Waals surface area contributed by atoms with Gasteiger partial charge in [-0.15, -0.1) is 0 Å². The average Bonchev–Trinajstić information content (AvgIpc) is 3.06. The van der Waals surface area contributed by atoms with Gasteiger partial charge in [-0.25, -0.2) is 9.78 Å². The van der Waals surface area contributed by atoms with Gasteiger partial charge in [-0.3, -0.25) is 4.79 Å². The van der Waals surface area contributed by atoms with Crippen molar-refractivity contribution < 1.29 is 19.1 Å². The van der Waals surface area contributed by atoms with E-state index >= 15 is 0 Å². The number of aliphatic carboxylic acids is 1. The fourth-order valence-electron chi connectivity index (χ4n) is 2.32. The maximum absolute atomic E-state index is 12.2. The molecule has 3 rings (SSSR count). The molecule has 1 amide bonds. The van der Waals surface area contributed by atoms with Crippen molar-refractivity contribution in [3.63, 3.8) is 0 Å². The fraction of sp³-hybridized carbons (Fsp3) is 0.250. The molecule has 0 radical (unpaired) electrons. The number of fused-ring (bicyclic) bond motifs is 1. The molecule has 2 aromatic rings. The SMILES string of the molecule is O=C(O)C1c2ccoc2CCN1C(=O)c1ncc[nH]1. The molecule has 0 saturated carbocycles. The first-order valence-corrected chi connectivity index (χ1v) is 5.78. The first kappa shape index (κ1) is 11.5. The van der Waals surface area contributed by atoms with Gasteiger partial charge >= 0.3 is 5.97 Å². The van der Waals surface area contributed by atoms with Crippen molar-refractivity contribution in [2.24, 2.45) is 0 Å². The number of furan rings is 1. The van der Waals surface area contributed by atoms with E-state index in [0.29, 0.717) is 17.7 Å². The second-order valence-electron chi connectivity index (χ2n) is 4.23. The Morgan fingerprint density at radius 1 is 1.53 bits per heavy atom. The molecule has 0 aromatic carbocycles. The number of carboxylic acids is 1. The van der Waals surface area contributed by atoms with Crippen molar-refractivity contribution in [2.45, 2.75) is 12.5 Å². The van der Waals surface area contributed by atoms with E-state index in [1.54, 1.807) is 6.07 Å². The van der Waals surface area contributed by atoms with Gasteiger partial charge < -0.3 is 19.4 Å². The fourth-order valence-corrected chi connectivity index (χ4v) is 2.32. The summed E-state index contributed by atoms with van der Waals surface area (Å²) in [5, 5.41) is 9.35. The number of imidazole rings is 1. The zero-order chi connectivity index (χ0) is 13.4. The zero-order valence-electron chi connectivity index (χ0n) is 9.87. The minimum absolute atomic E-state index is 0.137. The number of aromatic nitrogens is 2. The Morgan fingerprint density at radius 3 is 3.05 bits per heavy atom. The molecule has 7 nitrogen and oxygen atoms in total. The molecular weight excluding hydrogens is 250 g/mol. The van der Waals surface area contributed by atoms with Gasteiger partial charge in [-0.05, 0) is 6.07 Å². The monoisotopic (exact) mass is 261 g/mol. The Bertz CT molecular complexity index is 617. The summed E-state index contributed by atoms with van der Waals surface area (Å²) in [6.45, 7) is 0.289. The van der Waals surface area contributed by atoms with E-state index in [-0.39, 0.29) is 12.4 Å². The summed E-state index contributed by atoms with van der Waals surface area (Å²) in [6, 6.07) is 0.565. The minimum atomic E-state index is -1.08. The average molecular weight is 261 g/mol. The normalized spacial score (nSPS) is 18.1. The maximum Gasteiger partial charge on any atom is 0.331 e. The highest BCUT2D eigenvalue weighted by molar-refractivity contribution is 5.94. The Labute approximate surface area is 107 Å². The van der Waals surface area contributed by atoms with Crippen LogP contribution in [0.15, 0.2) is 29.1 Å². The molecule has 1 unspecified atom stereocenters. The minimum Gasteiger partial charge on any atom is -0.479 e. The highest BCUT2D eigenvalue weighted by atomic mass is 16.4. The Balaban J connectivity index is 1.98. The third-order valence-corrected chi connectivity index (χ3v) is 3.16. The first-order chi connectivity index (χ1) is 9.18. The lowest BCUT2D eigenvalue weighted by Gasteiger charge is -2.31. The van der Waals surface area contributed by atoms with Crippen LogP contribution in [0.2, 0.25) is 0 Å². The number of carboxylic acid groups (broad SMARTS) is 1. The maximum atomic E-state index is 12.2. The number of hydrogen-bond donors (Lipinski definition) is 2. The molecule has 0 bridgehead atoms. The number of nitrogens with one attached hydrogen (secondary N) is 1. The molecule has 19 heavy (non-hydrogen) atoms. The molecule has 1 atom stereocenters. The van der Waals surface area contributed by atoms with Crippen LogP contribution in [0.3, 0.4) is 0 Å². The van der Waals surface area contributed by atoms with E-state index in [1.165, 1.54) is 23.6 Å². The van der Waals surface area contributed by atoms with Crippen molar-refractivity contribution in [2.75, 3.05) is 6.54 Å². The standard InChI is InChI=1S/C12H11N3O4/c16-11(10-13-3-4-14-10)15-5-1-8-7(2-6-19-8)9(15)12(17)18/h2-4,6,9H,1,5H2,(H,13,14)(H,17,18). The van der Waals surface area contributed by atoms with Gasteiger partial charge in [0.05, 0.1) is 6.26 Å². The van der Waals surface area contributed by atoms with Gasteiger partial charge in [0.25, 0.3) is 5.91 Å². The zero-order valence-corrected chi connectivity index (χ0v) is 9.87. The number of carbonyl (C=O) groups is 2. The summed E-state index contributed by atoms with van der Waals surface area (Å²) in [4.78, 5) is 31.5. The van der Waals surface area contributed by atoms with Crippen LogP contribution in [0.4, 0.5) is 0 Å². The summed E-state index contributed by atoms with van der Waals surface area (Å²) in [7, 11) is 0. The number of H-pyrrole nitrogens is 1. The van der Waals surface area contributed by atoms with Crippen LogP contribution in [-0.2, 0) is 11.2 Å². The van der Waals surface area contributed by atoms with Crippen LogP contribution < -0.4 is 0 Å². The van der Waals surface area contributed by atoms with Gasteiger partial charge in [-0.1, -0.05) is 0 Å². The topological polar surface area (TPSA) is 99.4 Å². The predicted molar refractivity (Wildman–Crippen MR) is 62.4 cm³/mol. The number of nitrogens with zero attached hydrogens (tertiary/aromatic N) is 2. The number of aromatic amines is 1. The second-order valence-corrected chi connectivity index (χ2v) is 4.23. The summed E-state index contributed by atoms with van der Waals surface area (Å²) < 4.78 is 5.23. The van der Waals surface area contributed by atoms with Crippen molar-refractivity contribution in [1.82, 2.24) is 14.9 Å². The molecule has 7 heteroatoms. The Kier molecular flexibility index (Phi) is 2.59. The molecule has 1 aliphatic heterocycles. The summed E-state index contributed by atoms with van der Waals surface area (Å²) in [5.74, 6) is -0.749. The van der Waals surface area contributed by atoms with Crippen LogP contribution in [-0.4, -0.2) is 38.4 Å². The van der Waals surface area contributed by atoms with Gasteiger partial charge in [-0.2, -0.15) is 0 Å². The third kappa shape index (κ3) is 1.79. The molecule has 0 aliphatic carbocycles. The molecule has 0 saturated heterocycles. The van der Waals surface area contributed by atoms with Crippen LogP contribution in [0, 0.1) is 0 Å². The molecule has 98 valence electrons. The molecule has 0 spiro atoms. The van der Waals surface area contributed by atoms with Crippen LogP contribution >= 0.6 is 0 Å². The van der Waals surface area contributed by atoms with Gasteiger partial charge in [0.15, 0.2) is 11.9 Å². The molecule has 0 fully saturated rings. The second kappa shape index (κ2) is 4.27. The Hall–Kier alpha value is -2.57. The third-order valence-electron chi connectivity index (χ3n) is 3.16.